The summed E-state index contributed by atoms with van der Waals surface area (Å²) >= 11 is 0. The number of hydrogen-bond acceptors (Lipinski definition) is 3. The molecule has 0 radical (unpaired) electrons. The maximum Gasteiger partial charge on any atom is 0.146 e. The van der Waals surface area contributed by atoms with Gasteiger partial charge >= 0.3 is 0 Å². The minimum Gasteiger partial charge on any atom is -0.380 e. The smallest absolute Gasteiger partial charge is 0.146 e. The van der Waals surface area contributed by atoms with Crippen LogP contribution in [0.25, 0.3) is 0 Å². The number of nitrogens with one attached hydrogen (secondary N) is 1. The van der Waals surface area contributed by atoms with E-state index in [1.807, 2.05) is 24.9 Å². The number of halogens is 1. The molecular formula is C15H25FN2O. The van der Waals surface area contributed by atoms with Crippen molar-refractivity contribution in [3.63, 3.8) is 0 Å². The van der Waals surface area contributed by atoms with E-state index in [-0.39, 0.29) is 5.82 Å². The summed E-state index contributed by atoms with van der Waals surface area (Å²) in [7, 11) is 1.90. The van der Waals surface area contributed by atoms with Crippen molar-refractivity contribution >= 4 is 5.69 Å². The van der Waals surface area contributed by atoms with Crippen LogP contribution in [-0.4, -0.2) is 33.4 Å². The second-order valence-electron chi connectivity index (χ2n) is 4.54. The van der Waals surface area contributed by atoms with Crippen molar-refractivity contribution < 1.29 is 9.13 Å². The largest absolute Gasteiger partial charge is 0.380 e. The van der Waals surface area contributed by atoms with Gasteiger partial charge in [-0.2, -0.15) is 0 Å². The first kappa shape index (κ1) is 15.9. The SMILES string of the molecule is CCCNCc1cccc(F)c1N(C)CCOCC. The zero-order valence-electron chi connectivity index (χ0n) is 12.2. The predicted octanol–water partition coefficient (Wildman–Crippen LogP) is 2.80. The van der Waals surface area contributed by atoms with Crippen molar-refractivity contribution in [1.29, 1.82) is 0 Å². The minimum atomic E-state index is -0.171. The van der Waals surface area contributed by atoms with Crippen molar-refractivity contribution in [3.05, 3.63) is 29.6 Å². The highest BCUT2D eigenvalue weighted by Crippen LogP contribution is 2.23. The van der Waals surface area contributed by atoms with Crippen LogP contribution >= 0.6 is 0 Å². The Labute approximate surface area is 115 Å². The van der Waals surface area contributed by atoms with Gasteiger partial charge in [0.1, 0.15) is 5.82 Å². The van der Waals surface area contributed by atoms with Crippen LogP contribution in [0, 0.1) is 5.82 Å². The van der Waals surface area contributed by atoms with Gasteiger partial charge in [0.15, 0.2) is 0 Å². The average Bonchev–Trinajstić information content (AvgIpc) is 2.39. The number of nitrogens with zero attached hydrogens (tertiary/aromatic N) is 1. The van der Waals surface area contributed by atoms with Crippen LogP contribution in [0.4, 0.5) is 10.1 Å². The molecule has 0 fully saturated rings. The maximum absolute atomic E-state index is 14.0. The Morgan fingerprint density at radius 1 is 1.32 bits per heavy atom. The molecule has 0 atom stereocenters. The summed E-state index contributed by atoms with van der Waals surface area (Å²) in [6.07, 6.45) is 1.07. The van der Waals surface area contributed by atoms with Crippen LogP contribution in [0.15, 0.2) is 18.2 Å². The fourth-order valence-electron chi connectivity index (χ4n) is 1.99. The zero-order valence-corrected chi connectivity index (χ0v) is 12.2. The summed E-state index contributed by atoms with van der Waals surface area (Å²) in [6.45, 7) is 7.71. The molecular weight excluding hydrogens is 243 g/mol. The van der Waals surface area contributed by atoms with Crippen molar-refractivity contribution in [2.24, 2.45) is 0 Å². The van der Waals surface area contributed by atoms with Gasteiger partial charge in [-0.1, -0.05) is 19.1 Å². The lowest BCUT2D eigenvalue weighted by atomic mass is 10.1. The highest BCUT2D eigenvalue weighted by molar-refractivity contribution is 5.54. The van der Waals surface area contributed by atoms with E-state index < -0.39 is 0 Å². The summed E-state index contributed by atoms with van der Waals surface area (Å²) in [4.78, 5) is 1.92. The molecule has 0 heterocycles. The zero-order chi connectivity index (χ0) is 14.1. The number of likely N-dealkylation sites (N-methyl/N-ethyl adjacent to an activating group) is 1. The van der Waals surface area contributed by atoms with Gasteiger partial charge in [-0.3, -0.25) is 0 Å². The highest BCUT2D eigenvalue weighted by Gasteiger charge is 2.12. The molecule has 1 rings (SSSR count). The van der Waals surface area contributed by atoms with Crippen LogP contribution in [0.2, 0.25) is 0 Å². The van der Waals surface area contributed by atoms with Gasteiger partial charge in [0, 0.05) is 26.7 Å². The van der Waals surface area contributed by atoms with Crippen molar-refractivity contribution in [2.45, 2.75) is 26.8 Å². The maximum atomic E-state index is 14.0. The van der Waals surface area contributed by atoms with Crippen LogP contribution in [-0.2, 0) is 11.3 Å². The van der Waals surface area contributed by atoms with Gasteiger partial charge < -0.3 is 15.0 Å². The Hall–Kier alpha value is -1.13. The third kappa shape index (κ3) is 5.17. The second kappa shape index (κ2) is 8.88. The second-order valence-corrected chi connectivity index (χ2v) is 4.54. The van der Waals surface area contributed by atoms with Gasteiger partial charge in [0.2, 0.25) is 0 Å². The standard InChI is InChI=1S/C15H25FN2O/c1-4-9-17-12-13-7-6-8-14(16)15(13)18(3)10-11-19-5-2/h6-8,17H,4-5,9-12H2,1-3H3. The van der Waals surface area contributed by atoms with Crippen LogP contribution in [0.5, 0.6) is 0 Å². The number of benzene rings is 1. The number of para-hydroxylation sites is 1. The third-order valence-electron chi connectivity index (χ3n) is 2.97. The Bertz CT molecular complexity index is 371. The normalized spacial score (nSPS) is 10.7. The van der Waals surface area contributed by atoms with E-state index in [1.165, 1.54) is 6.07 Å². The van der Waals surface area contributed by atoms with Crippen LogP contribution < -0.4 is 10.2 Å². The van der Waals surface area contributed by atoms with Gasteiger partial charge in [-0.15, -0.1) is 0 Å². The molecule has 0 aliphatic heterocycles. The topological polar surface area (TPSA) is 24.5 Å². The number of hydrogen-bond donors (Lipinski definition) is 1. The fraction of sp³-hybridized carbons (Fsp3) is 0.600. The first-order chi connectivity index (χ1) is 9.20. The molecule has 0 aromatic heterocycles. The number of rotatable bonds is 9. The summed E-state index contributed by atoms with van der Waals surface area (Å²) in [6, 6.07) is 5.24. The highest BCUT2D eigenvalue weighted by atomic mass is 19.1. The van der Waals surface area contributed by atoms with E-state index in [4.69, 9.17) is 4.74 Å². The summed E-state index contributed by atoms with van der Waals surface area (Å²) < 4.78 is 19.3. The molecule has 0 bridgehead atoms. The quantitative estimate of drug-likeness (QED) is 0.697. The molecule has 0 amide bonds. The first-order valence-electron chi connectivity index (χ1n) is 6.97. The molecule has 1 N–H and O–H groups in total. The van der Waals surface area contributed by atoms with Gasteiger partial charge in [-0.25, -0.2) is 4.39 Å². The molecule has 19 heavy (non-hydrogen) atoms. The number of anilines is 1. The lowest BCUT2D eigenvalue weighted by molar-refractivity contribution is 0.154. The summed E-state index contributed by atoms with van der Waals surface area (Å²) in [5, 5.41) is 3.32. The lowest BCUT2D eigenvalue weighted by Crippen LogP contribution is -2.26. The molecule has 1 aromatic rings. The molecule has 0 aliphatic carbocycles. The van der Waals surface area contributed by atoms with E-state index in [0.717, 1.165) is 18.5 Å². The molecule has 0 saturated carbocycles. The lowest BCUT2D eigenvalue weighted by Gasteiger charge is -2.23. The van der Waals surface area contributed by atoms with Gasteiger partial charge in [0.05, 0.1) is 12.3 Å². The minimum absolute atomic E-state index is 0.171. The monoisotopic (exact) mass is 268 g/mol. The van der Waals surface area contributed by atoms with E-state index in [9.17, 15) is 4.39 Å². The van der Waals surface area contributed by atoms with Crippen LogP contribution in [0.1, 0.15) is 25.8 Å². The fourth-order valence-corrected chi connectivity index (χ4v) is 1.99. The third-order valence-corrected chi connectivity index (χ3v) is 2.97. The molecule has 0 unspecified atom stereocenters. The van der Waals surface area contributed by atoms with Crippen LogP contribution in [0.3, 0.4) is 0 Å². The van der Waals surface area contributed by atoms with E-state index >= 15 is 0 Å². The van der Waals surface area contributed by atoms with Gasteiger partial charge in [-0.05, 0) is 31.5 Å². The Kier molecular flexibility index (Phi) is 7.45. The summed E-state index contributed by atoms with van der Waals surface area (Å²) in [5.41, 5.74) is 1.67. The Morgan fingerprint density at radius 2 is 2.11 bits per heavy atom. The first-order valence-corrected chi connectivity index (χ1v) is 6.97. The van der Waals surface area contributed by atoms with Crippen molar-refractivity contribution in [2.75, 3.05) is 38.3 Å². The molecule has 0 aliphatic rings. The van der Waals surface area contributed by atoms with E-state index in [0.29, 0.717) is 32.0 Å². The number of ether oxygens (including phenoxy) is 1. The Balaban J connectivity index is 2.72. The van der Waals surface area contributed by atoms with Crippen molar-refractivity contribution in [3.8, 4) is 0 Å². The predicted molar refractivity (Wildman–Crippen MR) is 78.2 cm³/mol. The molecule has 0 spiro atoms. The average molecular weight is 268 g/mol. The van der Waals surface area contributed by atoms with Gasteiger partial charge in [0.25, 0.3) is 0 Å². The Morgan fingerprint density at radius 3 is 2.79 bits per heavy atom. The molecule has 1 aromatic carbocycles. The molecule has 108 valence electrons. The van der Waals surface area contributed by atoms with E-state index in [1.54, 1.807) is 6.07 Å². The van der Waals surface area contributed by atoms with Crippen molar-refractivity contribution in [1.82, 2.24) is 5.32 Å². The molecule has 3 nitrogen and oxygen atoms in total. The molecule has 4 heteroatoms. The van der Waals surface area contributed by atoms with E-state index in [2.05, 4.69) is 12.2 Å². The molecule has 0 saturated heterocycles. The summed E-state index contributed by atoms with van der Waals surface area (Å²) in [5.74, 6) is -0.171.